The number of nitriles is 1. The van der Waals surface area contributed by atoms with E-state index in [0.717, 1.165) is 29.0 Å². The number of halogens is 1. The summed E-state index contributed by atoms with van der Waals surface area (Å²) in [5.74, 6) is 1.61. The molecule has 0 bridgehead atoms. The Morgan fingerprint density at radius 3 is 2.90 bits per heavy atom. The number of piperazine rings is 1. The molecule has 158 valence electrons. The third kappa shape index (κ3) is 4.52. The highest BCUT2D eigenvalue weighted by Gasteiger charge is 2.32. The molecule has 1 atom stereocenters. The van der Waals surface area contributed by atoms with E-state index in [9.17, 15) is 5.26 Å². The summed E-state index contributed by atoms with van der Waals surface area (Å²) in [5.41, 5.74) is 1.75. The first kappa shape index (κ1) is 20.8. The van der Waals surface area contributed by atoms with Crippen LogP contribution in [0.2, 0.25) is 5.15 Å². The molecule has 2 aromatic heterocycles. The van der Waals surface area contributed by atoms with Crippen molar-refractivity contribution in [1.29, 1.82) is 5.26 Å². The molecule has 0 spiro atoms. The van der Waals surface area contributed by atoms with Crippen LogP contribution in [0.1, 0.15) is 13.8 Å². The standard InChI is InChI=1S/C22H23ClN8/c1-15(2)19-13-30(21-12-25-11-20(23)29-21)9-10-31(19)22(27-14-24)28-18-7-3-6-17-16(18)5-4-8-26-17/h3-8,11-12,15,19H,9-10,13H2,1-2H3,(H,27,28). The summed E-state index contributed by atoms with van der Waals surface area (Å²) in [6, 6.07) is 9.89. The highest BCUT2D eigenvalue weighted by Crippen LogP contribution is 2.25. The molecule has 1 aromatic carbocycles. The maximum atomic E-state index is 9.38. The summed E-state index contributed by atoms with van der Waals surface area (Å²) in [6.45, 7) is 6.43. The Morgan fingerprint density at radius 2 is 2.13 bits per heavy atom. The number of rotatable bonds is 3. The van der Waals surface area contributed by atoms with Crippen molar-refractivity contribution in [3.05, 3.63) is 54.1 Å². The Balaban J connectivity index is 1.62. The van der Waals surface area contributed by atoms with Crippen LogP contribution in [-0.2, 0) is 0 Å². The molecular formula is C22H23ClN8. The Hall–Kier alpha value is -3.44. The summed E-state index contributed by atoms with van der Waals surface area (Å²) in [5, 5.41) is 14.1. The largest absolute Gasteiger partial charge is 0.351 e. The average Bonchev–Trinajstić information content (AvgIpc) is 2.78. The molecule has 1 aliphatic rings. The van der Waals surface area contributed by atoms with Gasteiger partial charge in [-0.1, -0.05) is 31.5 Å². The van der Waals surface area contributed by atoms with Gasteiger partial charge in [0.05, 0.1) is 29.6 Å². The fraction of sp³-hybridized carbons (Fsp3) is 0.318. The lowest BCUT2D eigenvalue weighted by Gasteiger charge is -2.44. The van der Waals surface area contributed by atoms with Gasteiger partial charge in [-0.15, -0.1) is 4.99 Å². The molecule has 9 heteroatoms. The van der Waals surface area contributed by atoms with Gasteiger partial charge >= 0.3 is 0 Å². The first-order chi connectivity index (χ1) is 15.1. The minimum Gasteiger partial charge on any atom is -0.351 e. The van der Waals surface area contributed by atoms with Crippen molar-refractivity contribution in [2.45, 2.75) is 19.9 Å². The summed E-state index contributed by atoms with van der Waals surface area (Å²) < 4.78 is 0. The van der Waals surface area contributed by atoms with Crippen LogP contribution in [0, 0.1) is 17.4 Å². The van der Waals surface area contributed by atoms with Crippen LogP contribution in [0.15, 0.2) is 53.9 Å². The molecule has 1 fully saturated rings. The van der Waals surface area contributed by atoms with E-state index in [1.807, 2.05) is 36.5 Å². The number of anilines is 2. The number of nitrogens with zero attached hydrogens (tertiary/aromatic N) is 7. The highest BCUT2D eigenvalue weighted by molar-refractivity contribution is 6.29. The topological polar surface area (TPSA) is 93.3 Å². The molecule has 1 N–H and O–H groups in total. The lowest BCUT2D eigenvalue weighted by Crippen LogP contribution is -2.58. The average molecular weight is 435 g/mol. The first-order valence-corrected chi connectivity index (χ1v) is 10.5. The molecule has 1 saturated heterocycles. The Kier molecular flexibility index (Phi) is 6.14. The first-order valence-electron chi connectivity index (χ1n) is 10.1. The summed E-state index contributed by atoms with van der Waals surface area (Å²) in [4.78, 5) is 21.5. The van der Waals surface area contributed by atoms with Crippen molar-refractivity contribution in [3.63, 3.8) is 0 Å². The highest BCUT2D eigenvalue weighted by atomic mass is 35.5. The third-order valence-corrected chi connectivity index (χ3v) is 5.61. The van der Waals surface area contributed by atoms with Crippen LogP contribution in [-0.4, -0.2) is 51.5 Å². The Labute approximate surface area is 186 Å². The number of guanidine groups is 1. The van der Waals surface area contributed by atoms with Gasteiger partial charge in [-0.25, -0.2) is 4.98 Å². The molecule has 0 radical (unpaired) electrons. The lowest BCUT2D eigenvalue weighted by molar-refractivity contribution is 0.224. The van der Waals surface area contributed by atoms with Gasteiger partial charge < -0.3 is 15.1 Å². The van der Waals surface area contributed by atoms with Crippen LogP contribution >= 0.6 is 11.6 Å². The molecule has 0 aliphatic carbocycles. The molecular weight excluding hydrogens is 412 g/mol. The number of aliphatic imine (C=N–C) groups is 1. The van der Waals surface area contributed by atoms with Crippen molar-refractivity contribution in [2.75, 3.05) is 29.9 Å². The SMILES string of the molecule is CC(C)C1CN(c2cncc(Cl)n2)CCN1/C(=N\C#N)Nc1cccc2ncccc12. The summed E-state index contributed by atoms with van der Waals surface area (Å²) in [7, 11) is 0. The smallest absolute Gasteiger partial charge is 0.214 e. The molecule has 3 heterocycles. The van der Waals surface area contributed by atoms with E-state index in [1.54, 1.807) is 12.4 Å². The van der Waals surface area contributed by atoms with Crippen molar-refractivity contribution in [3.8, 4) is 6.19 Å². The lowest BCUT2D eigenvalue weighted by atomic mass is 9.99. The van der Waals surface area contributed by atoms with Crippen molar-refractivity contribution in [2.24, 2.45) is 10.9 Å². The number of hydrogen-bond acceptors (Lipinski definition) is 6. The van der Waals surface area contributed by atoms with Crippen LogP contribution in [0.4, 0.5) is 11.5 Å². The monoisotopic (exact) mass is 434 g/mol. The zero-order valence-corrected chi connectivity index (χ0v) is 18.2. The number of benzene rings is 1. The van der Waals surface area contributed by atoms with E-state index < -0.39 is 0 Å². The van der Waals surface area contributed by atoms with Gasteiger partial charge in [0.2, 0.25) is 12.2 Å². The maximum Gasteiger partial charge on any atom is 0.214 e. The molecule has 31 heavy (non-hydrogen) atoms. The van der Waals surface area contributed by atoms with Gasteiger partial charge in [-0.2, -0.15) is 5.26 Å². The predicted molar refractivity (Wildman–Crippen MR) is 123 cm³/mol. The van der Waals surface area contributed by atoms with Crippen molar-refractivity contribution >= 4 is 40.0 Å². The molecule has 4 rings (SSSR count). The van der Waals surface area contributed by atoms with Gasteiger partial charge in [0.15, 0.2) is 0 Å². The number of nitrogens with one attached hydrogen (secondary N) is 1. The van der Waals surface area contributed by atoms with Gasteiger partial charge in [0.25, 0.3) is 0 Å². The van der Waals surface area contributed by atoms with Crippen LogP contribution in [0.25, 0.3) is 10.9 Å². The van der Waals surface area contributed by atoms with Gasteiger partial charge in [-0.05, 0) is 30.2 Å². The minimum atomic E-state index is 0.113. The van der Waals surface area contributed by atoms with Gasteiger partial charge in [0.1, 0.15) is 11.0 Å². The van der Waals surface area contributed by atoms with E-state index >= 15 is 0 Å². The normalized spacial score (nSPS) is 17.1. The zero-order chi connectivity index (χ0) is 21.8. The molecule has 0 amide bonds. The molecule has 3 aromatic rings. The number of pyridine rings is 1. The Morgan fingerprint density at radius 1 is 1.26 bits per heavy atom. The summed E-state index contributed by atoms with van der Waals surface area (Å²) >= 11 is 6.04. The Bertz CT molecular complexity index is 1130. The maximum absolute atomic E-state index is 9.38. The van der Waals surface area contributed by atoms with Crippen molar-refractivity contribution < 1.29 is 0 Å². The molecule has 0 saturated carbocycles. The second-order valence-corrected chi connectivity index (χ2v) is 8.07. The summed E-state index contributed by atoms with van der Waals surface area (Å²) in [6.07, 6.45) is 6.98. The zero-order valence-electron chi connectivity index (χ0n) is 17.4. The second-order valence-electron chi connectivity index (χ2n) is 7.69. The number of fused-ring (bicyclic) bond motifs is 1. The fourth-order valence-corrected chi connectivity index (χ4v) is 4.02. The van der Waals surface area contributed by atoms with Crippen LogP contribution in [0.5, 0.6) is 0 Å². The molecule has 1 aliphatic heterocycles. The van der Waals surface area contributed by atoms with Crippen LogP contribution in [0.3, 0.4) is 0 Å². The van der Waals surface area contributed by atoms with E-state index in [4.69, 9.17) is 11.6 Å². The van der Waals surface area contributed by atoms with Crippen molar-refractivity contribution in [1.82, 2.24) is 19.9 Å². The predicted octanol–water partition coefficient (Wildman–Crippen LogP) is 3.77. The quantitative estimate of drug-likeness (QED) is 0.381. The third-order valence-electron chi connectivity index (χ3n) is 5.42. The number of hydrogen-bond donors (Lipinski definition) is 1. The molecule has 1 unspecified atom stereocenters. The van der Waals surface area contributed by atoms with Crippen LogP contribution < -0.4 is 10.2 Å². The van der Waals surface area contributed by atoms with Gasteiger partial charge in [-0.3, -0.25) is 9.97 Å². The molecule has 8 nitrogen and oxygen atoms in total. The minimum absolute atomic E-state index is 0.113. The van der Waals surface area contributed by atoms with E-state index in [-0.39, 0.29) is 6.04 Å². The van der Waals surface area contributed by atoms with Gasteiger partial charge in [0, 0.05) is 31.2 Å². The number of aromatic nitrogens is 3. The van der Waals surface area contributed by atoms with E-state index in [1.165, 1.54) is 6.20 Å². The fourth-order valence-electron chi connectivity index (χ4n) is 3.88. The van der Waals surface area contributed by atoms with E-state index in [2.05, 4.69) is 48.9 Å². The second kappa shape index (κ2) is 9.14. The van der Waals surface area contributed by atoms with E-state index in [0.29, 0.717) is 30.1 Å².